The fourth-order valence-corrected chi connectivity index (χ4v) is 5.08. The second-order valence-electron chi connectivity index (χ2n) is 8.92. The molecular weight excluding hydrogens is 418 g/mol. The van der Waals surface area contributed by atoms with E-state index < -0.39 is 5.41 Å². The number of hydrogen-bond donors (Lipinski definition) is 0. The van der Waals surface area contributed by atoms with Crippen molar-refractivity contribution in [3.63, 3.8) is 0 Å². The van der Waals surface area contributed by atoms with Crippen molar-refractivity contribution < 1.29 is 19.1 Å². The zero-order valence-electron chi connectivity index (χ0n) is 19.1. The van der Waals surface area contributed by atoms with Crippen LogP contribution >= 0.6 is 0 Å². The molecule has 2 saturated heterocycles. The molecule has 0 radical (unpaired) electrons. The first-order chi connectivity index (χ1) is 16.0. The Labute approximate surface area is 194 Å². The van der Waals surface area contributed by atoms with Crippen LogP contribution < -0.4 is 0 Å². The number of benzene rings is 1. The third-order valence-electron chi connectivity index (χ3n) is 6.81. The molecule has 1 aromatic heterocycles. The van der Waals surface area contributed by atoms with E-state index in [-0.39, 0.29) is 43.1 Å². The van der Waals surface area contributed by atoms with Crippen LogP contribution in [0.15, 0.2) is 54.7 Å². The number of aromatic nitrogens is 1. The Morgan fingerprint density at radius 1 is 1.12 bits per heavy atom. The van der Waals surface area contributed by atoms with Gasteiger partial charge < -0.3 is 9.64 Å². The van der Waals surface area contributed by atoms with Crippen LogP contribution in [0.2, 0.25) is 0 Å². The second-order valence-corrected chi connectivity index (χ2v) is 8.92. The van der Waals surface area contributed by atoms with Crippen LogP contribution in [0.4, 0.5) is 0 Å². The van der Waals surface area contributed by atoms with Gasteiger partial charge in [-0.1, -0.05) is 36.4 Å². The number of ether oxygens (including phenoxy) is 1. The summed E-state index contributed by atoms with van der Waals surface area (Å²) in [5, 5.41) is 0. The van der Waals surface area contributed by atoms with E-state index in [9.17, 15) is 14.4 Å². The van der Waals surface area contributed by atoms with Crippen LogP contribution in [0.1, 0.15) is 43.4 Å². The summed E-state index contributed by atoms with van der Waals surface area (Å²) < 4.78 is 5.34. The predicted molar refractivity (Wildman–Crippen MR) is 123 cm³/mol. The summed E-state index contributed by atoms with van der Waals surface area (Å²) in [5.74, 6) is -0.615. The Balaban J connectivity index is 1.59. The Hall–Kier alpha value is -3.06. The van der Waals surface area contributed by atoms with Crippen LogP contribution in [0.5, 0.6) is 0 Å². The third-order valence-corrected chi connectivity index (χ3v) is 6.81. The molecule has 3 heterocycles. The van der Waals surface area contributed by atoms with Gasteiger partial charge in [0, 0.05) is 51.4 Å². The van der Waals surface area contributed by atoms with E-state index in [2.05, 4.69) is 4.98 Å². The van der Waals surface area contributed by atoms with Crippen molar-refractivity contribution in [3.8, 4) is 0 Å². The monoisotopic (exact) mass is 449 g/mol. The normalized spacial score (nSPS) is 23.2. The highest BCUT2D eigenvalue weighted by molar-refractivity contribution is 6.10. The van der Waals surface area contributed by atoms with Crippen molar-refractivity contribution in [2.45, 2.75) is 50.0 Å². The predicted octanol–water partition coefficient (Wildman–Crippen LogP) is 2.74. The van der Waals surface area contributed by atoms with Crippen molar-refractivity contribution >= 4 is 17.7 Å². The number of amides is 3. The van der Waals surface area contributed by atoms with Crippen LogP contribution in [-0.2, 0) is 31.0 Å². The highest BCUT2D eigenvalue weighted by Crippen LogP contribution is 2.40. The molecule has 7 nitrogen and oxygen atoms in total. The van der Waals surface area contributed by atoms with Crippen LogP contribution in [-0.4, -0.2) is 65.4 Å². The van der Waals surface area contributed by atoms with Crippen molar-refractivity contribution in [2.24, 2.45) is 0 Å². The quantitative estimate of drug-likeness (QED) is 0.579. The van der Waals surface area contributed by atoms with Gasteiger partial charge >= 0.3 is 0 Å². The molecular formula is C26H31N3O4. The highest BCUT2D eigenvalue weighted by atomic mass is 16.5. The summed E-state index contributed by atoms with van der Waals surface area (Å²) in [6, 6.07) is 14.9. The van der Waals surface area contributed by atoms with Crippen LogP contribution in [0, 0.1) is 0 Å². The average Bonchev–Trinajstić information content (AvgIpc) is 3.09. The number of hydrogen-bond acceptors (Lipinski definition) is 5. The highest BCUT2D eigenvalue weighted by Gasteiger charge is 2.54. The third kappa shape index (κ3) is 4.83. The largest absolute Gasteiger partial charge is 0.383 e. The molecule has 7 heteroatoms. The van der Waals surface area contributed by atoms with E-state index >= 15 is 0 Å². The summed E-state index contributed by atoms with van der Waals surface area (Å²) >= 11 is 0. The SMILES string of the molecule is COC[C@H]1CCCCN1C(=O)C[C@@]1(c2ccccc2)CC(=O)N(CCc2ccccn2)C1=O. The summed E-state index contributed by atoms with van der Waals surface area (Å²) in [4.78, 5) is 47.8. The van der Waals surface area contributed by atoms with Gasteiger partial charge in [0.1, 0.15) is 0 Å². The van der Waals surface area contributed by atoms with E-state index in [1.165, 1.54) is 4.90 Å². The summed E-state index contributed by atoms with van der Waals surface area (Å²) in [7, 11) is 1.64. The Morgan fingerprint density at radius 2 is 1.91 bits per heavy atom. The van der Waals surface area contributed by atoms with Gasteiger partial charge in [-0.05, 0) is 37.0 Å². The fourth-order valence-electron chi connectivity index (χ4n) is 5.08. The molecule has 3 amide bonds. The van der Waals surface area contributed by atoms with Crippen molar-refractivity contribution in [2.75, 3.05) is 26.8 Å². The average molecular weight is 450 g/mol. The molecule has 0 spiro atoms. The van der Waals surface area contributed by atoms with Crippen molar-refractivity contribution in [1.29, 1.82) is 0 Å². The van der Waals surface area contributed by atoms with E-state index in [1.54, 1.807) is 13.3 Å². The van der Waals surface area contributed by atoms with Gasteiger partial charge in [0.25, 0.3) is 0 Å². The Bertz CT molecular complexity index is 980. The zero-order chi connectivity index (χ0) is 23.3. The number of carbonyl (C=O) groups excluding carboxylic acids is 3. The molecule has 2 fully saturated rings. The lowest BCUT2D eigenvalue weighted by Crippen LogP contribution is -2.49. The second kappa shape index (κ2) is 10.3. The summed E-state index contributed by atoms with van der Waals surface area (Å²) in [6.45, 7) is 1.39. The van der Waals surface area contributed by atoms with E-state index in [0.717, 1.165) is 30.5 Å². The van der Waals surface area contributed by atoms with E-state index in [4.69, 9.17) is 4.74 Å². The number of pyridine rings is 1. The van der Waals surface area contributed by atoms with Gasteiger partial charge in [0.2, 0.25) is 17.7 Å². The van der Waals surface area contributed by atoms with E-state index in [1.807, 2.05) is 53.4 Å². The lowest BCUT2D eigenvalue weighted by molar-refractivity contribution is -0.144. The molecule has 2 atom stereocenters. The number of imide groups is 1. The van der Waals surface area contributed by atoms with Crippen molar-refractivity contribution in [3.05, 3.63) is 66.0 Å². The smallest absolute Gasteiger partial charge is 0.240 e. The lowest BCUT2D eigenvalue weighted by atomic mass is 9.75. The maximum absolute atomic E-state index is 13.8. The fraction of sp³-hybridized carbons (Fsp3) is 0.462. The number of likely N-dealkylation sites (tertiary alicyclic amines) is 2. The van der Waals surface area contributed by atoms with Gasteiger partial charge in [0.05, 0.1) is 18.1 Å². The van der Waals surface area contributed by atoms with E-state index in [0.29, 0.717) is 19.6 Å². The van der Waals surface area contributed by atoms with Crippen LogP contribution in [0.3, 0.4) is 0 Å². The molecule has 0 aliphatic carbocycles. The molecule has 4 rings (SSSR count). The lowest BCUT2D eigenvalue weighted by Gasteiger charge is -2.37. The summed E-state index contributed by atoms with van der Waals surface area (Å²) in [5.41, 5.74) is 0.369. The minimum Gasteiger partial charge on any atom is -0.383 e. The van der Waals surface area contributed by atoms with Gasteiger partial charge in [-0.3, -0.25) is 24.3 Å². The van der Waals surface area contributed by atoms with Crippen LogP contribution in [0.25, 0.3) is 0 Å². The first-order valence-corrected chi connectivity index (χ1v) is 11.6. The standard InChI is InChI=1S/C26H31N3O4/c1-33-19-22-12-6-8-15-28(22)23(30)17-26(20-9-3-2-4-10-20)18-24(31)29(25(26)32)16-13-21-11-5-7-14-27-21/h2-5,7,9-11,14,22H,6,8,12-13,15-19H2,1H3/t22-,26+/m1/s1. The minimum atomic E-state index is -1.17. The number of nitrogens with zero attached hydrogens (tertiary/aromatic N) is 3. The summed E-state index contributed by atoms with van der Waals surface area (Å²) in [6.07, 6.45) is 5.06. The molecule has 0 N–H and O–H groups in total. The molecule has 0 bridgehead atoms. The first kappa shape index (κ1) is 23.1. The number of carbonyl (C=O) groups is 3. The topological polar surface area (TPSA) is 79.8 Å². The first-order valence-electron chi connectivity index (χ1n) is 11.6. The molecule has 2 aliphatic rings. The molecule has 0 unspecified atom stereocenters. The number of piperidine rings is 1. The van der Waals surface area contributed by atoms with Crippen molar-refractivity contribution in [1.82, 2.24) is 14.8 Å². The molecule has 0 saturated carbocycles. The molecule has 33 heavy (non-hydrogen) atoms. The van der Waals surface area contributed by atoms with Gasteiger partial charge in [-0.2, -0.15) is 0 Å². The molecule has 2 aromatic rings. The zero-order valence-corrected chi connectivity index (χ0v) is 19.1. The van der Waals surface area contributed by atoms with Gasteiger partial charge in [-0.15, -0.1) is 0 Å². The minimum absolute atomic E-state index is 0.00654. The Kier molecular flexibility index (Phi) is 7.18. The van der Waals surface area contributed by atoms with Gasteiger partial charge in [0.15, 0.2) is 0 Å². The Morgan fingerprint density at radius 3 is 2.64 bits per heavy atom. The molecule has 1 aromatic carbocycles. The van der Waals surface area contributed by atoms with Gasteiger partial charge in [-0.25, -0.2) is 0 Å². The number of rotatable bonds is 8. The maximum atomic E-state index is 13.8. The molecule has 2 aliphatic heterocycles. The number of methoxy groups -OCH3 is 1. The molecule has 174 valence electrons. The maximum Gasteiger partial charge on any atom is 0.240 e.